The lowest BCUT2D eigenvalue weighted by molar-refractivity contribution is -0.116. The van der Waals surface area contributed by atoms with Gasteiger partial charge in [0.1, 0.15) is 0 Å². The monoisotopic (exact) mass is 417 g/mol. The summed E-state index contributed by atoms with van der Waals surface area (Å²) in [5, 5.41) is 10.1. The van der Waals surface area contributed by atoms with Crippen LogP contribution in [0.4, 0.5) is 11.4 Å². The summed E-state index contributed by atoms with van der Waals surface area (Å²) in [7, 11) is 0. The number of amides is 1. The van der Waals surface area contributed by atoms with E-state index in [4.69, 9.17) is 0 Å². The fourth-order valence-electron chi connectivity index (χ4n) is 4.90. The molecule has 1 amide bonds. The molecule has 162 valence electrons. The van der Waals surface area contributed by atoms with Gasteiger partial charge in [-0.05, 0) is 75.0 Å². The van der Waals surface area contributed by atoms with Crippen LogP contribution in [-0.2, 0) is 4.79 Å². The number of hydrogen-bond acceptors (Lipinski definition) is 5. The first kappa shape index (κ1) is 20.1. The number of benzene rings is 1. The van der Waals surface area contributed by atoms with Gasteiger partial charge in [-0.3, -0.25) is 9.78 Å². The molecule has 0 unspecified atom stereocenters. The summed E-state index contributed by atoms with van der Waals surface area (Å²) in [6.45, 7) is 6.88. The van der Waals surface area contributed by atoms with Gasteiger partial charge in [0, 0.05) is 54.3 Å². The molecule has 3 aliphatic rings. The average Bonchev–Trinajstić information content (AvgIpc) is 3.34. The van der Waals surface area contributed by atoms with Crippen LogP contribution in [0.1, 0.15) is 38.2 Å². The molecule has 4 heterocycles. The van der Waals surface area contributed by atoms with Gasteiger partial charge >= 0.3 is 0 Å². The van der Waals surface area contributed by atoms with Crippen LogP contribution in [0.25, 0.3) is 16.7 Å². The van der Waals surface area contributed by atoms with Crippen molar-refractivity contribution in [2.24, 2.45) is 0 Å². The molecule has 6 heteroatoms. The summed E-state index contributed by atoms with van der Waals surface area (Å²) in [6.07, 6.45) is 8.33. The number of aromatic nitrogens is 1. The second-order valence-corrected chi connectivity index (χ2v) is 8.89. The molecule has 0 bridgehead atoms. The first-order valence-electron chi connectivity index (χ1n) is 11.5. The molecule has 31 heavy (non-hydrogen) atoms. The molecule has 0 radical (unpaired) electrons. The SMILES string of the molecule is CC1=C(C(=O)NC2CCNCC2)c2cc(-c3cncc(N4CCCC4)c3)ccc2NC1. The van der Waals surface area contributed by atoms with Gasteiger partial charge in [0.05, 0.1) is 11.9 Å². The minimum absolute atomic E-state index is 0.0493. The Morgan fingerprint density at radius 2 is 1.90 bits per heavy atom. The van der Waals surface area contributed by atoms with Crippen molar-refractivity contribution in [2.45, 2.75) is 38.6 Å². The number of fused-ring (bicyclic) bond motifs is 1. The summed E-state index contributed by atoms with van der Waals surface area (Å²) in [5.41, 5.74) is 7.27. The Hall–Kier alpha value is -2.86. The fraction of sp³-hybridized carbons (Fsp3) is 0.440. The molecule has 5 rings (SSSR count). The van der Waals surface area contributed by atoms with Crippen LogP contribution in [0.3, 0.4) is 0 Å². The standard InChI is InChI=1S/C25H31N5O/c1-17-14-28-23-5-4-18(19-12-21(16-27-15-19)30-10-2-3-11-30)13-22(23)24(17)25(31)29-20-6-8-26-9-7-20/h4-5,12-13,15-16,20,26,28H,2-3,6-11,14H2,1H3,(H,29,31). The first-order valence-corrected chi connectivity index (χ1v) is 11.5. The molecular formula is C25H31N5O. The summed E-state index contributed by atoms with van der Waals surface area (Å²) in [4.78, 5) is 20.2. The van der Waals surface area contributed by atoms with E-state index in [2.05, 4.69) is 57.0 Å². The van der Waals surface area contributed by atoms with Crippen LogP contribution < -0.4 is 20.9 Å². The summed E-state index contributed by atoms with van der Waals surface area (Å²) >= 11 is 0. The molecule has 3 N–H and O–H groups in total. The number of hydrogen-bond donors (Lipinski definition) is 3. The highest BCUT2D eigenvalue weighted by Gasteiger charge is 2.25. The van der Waals surface area contributed by atoms with Crippen molar-refractivity contribution < 1.29 is 4.79 Å². The van der Waals surface area contributed by atoms with Gasteiger partial charge in [0.2, 0.25) is 0 Å². The smallest absolute Gasteiger partial charge is 0.252 e. The first-order chi connectivity index (χ1) is 15.2. The highest BCUT2D eigenvalue weighted by atomic mass is 16.1. The topological polar surface area (TPSA) is 69.3 Å². The fourth-order valence-corrected chi connectivity index (χ4v) is 4.90. The van der Waals surface area contributed by atoms with Crippen LogP contribution in [-0.4, -0.2) is 49.7 Å². The molecule has 1 aromatic carbocycles. The maximum Gasteiger partial charge on any atom is 0.252 e. The molecule has 6 nitrogen and oxygen atoms in total. The Bertz CT molecular complexity index is 1000. The molecule has 2 fully saturated rings. The number of nitrogens with zero attached hydrogens (tertiary/aromatic N) is 2. The molecule has 2 saturated heterocycles. The van der Waals surface area contributed by atoms with Crippen LogP contribution in [0.2, 0.25) is 0 Å². The number of pyridine rings is 1. The number of carbonyl (C=O) groups excluding carboxylic acids is 1. The lowest BCUT2D eigenvalue weighted by Crippen LogP contribution is -2.43. The summed E-state index contributed by atoms with van der Waals surface area (Å²) < 4.78 is 0. The van der Waals surface area contributed by atoms with Gasteiger partial charge in [0.15, 0.2) is 0 Å². The van der Waals surface area contributed by atoms with Crippen LogP contribution in [0.5, 0.6) is 0 Å². The predicted molar refractivity (Wildman–Crippen MR) is 126 cm³/mol. The normalized spacial score (nSPS) is 19.2. The maximum absolute atomic E-state index is 13.3. The van der Waals surface area contributed by atoms with E-state index in [0.717, 1.165) is 72.5 Å². The van der Waals surface area contributed by atoms with Crippen LogP contribution >= 0.6 is 0 Å². The van der Waals surface area contributed by atoms with Crippen LogP contribution in [0.15, 0.2) is 42.2 Å². The van der Waals surface area contributed by atoms with E-state index in [1.54, 1.807) is 0 Å². The third-order valence-corrected chi connectivity index (χ3v) is 6.69. The third-order valence-electron chi connectivity index (χ3n) is 6.69. The largest absolute Gasteiger partial charge is 0.381 e. The second kappa shape index (κ2) is 8.71. The molecule has 0 aliphatic carbocycles. The molecule has 2 aromatic rings. The van der Waals surface area contributed by atoms with Crippen molar-refractivity contribution in [3.63, 3.8) is 0 Å². The van der Waals surface area contributed by atoms with Gasteiger partial charge in [0.25, 0.3) is 5.91 Å². The van der Waals surface area contributed by atoms with Gasteiger partial charge in [-0.2, -0.15) is 0 Å². The van der Waals surface area contributed by atoms with Gasteiger partial charge in [-0.15, -0.1) is 0 Å². The Kier molecular flexibility index (Phi) is 5.64. The van der Waals surface area contributed by atoms with E-state index in [9.17, 15) is 4.79 Å². The number of anilines is 2. The van der Waals surface area contributed by atoms with Crippen molar-refractivity contribution in [1.29, 1.82) is 0 Å². The minimum atomic E-state index is 0.0493. The minimum Gasteiger partial charge on any atom is -0.381 e. The quantitative estimate of drug-likeness (QED) is 0.711. The maximum atomic E-state index is 13.3. The van der Waals surface area contributed by atoms with E-state index >= 15 is 0 Å². The van der Waals surface area contributed by atoms with Gasteiger partial charge in [-0.25, -0.2) is 0 Å². The Labute approximate surface area is 184 Å². The zero-order chi connectivity index (χ0) is 21.2. The molecule has 1 aromatic heterocycles. The van der Waals surface area contributed by atoms with Crippen molar-refractivity contribution in [3.8, 4) is 11.1 Å². The van der Waals surface area contributed by atoms with Crippen molar-refractivity contribution in [1.82, 2.24) is 15.6 Å². The summed E-state index contributed by atoms with van der Waals surface area (Å²) in [5.74, 6) is 0.0493. The highest BCUT2D eigenvalue weighted by Crippen LogP contribution is 2.35. The highest BCUT2D eigenvalue weighted by molar-refractivity contribution is 6.23. The van der Waals surface area contributed by atoms with Gasteiger partial charge in [-0.1, -0.05) is 6.07 Å². The van der Waals surface area contributed by atoms with E-state index in [1.165, 1.54) is 18.5 Å². The number of piperidine rings is 1. The van der Waals surface area contributed by atoms with Crippen molar-refractivity contribution in [3.05, 3.63) is 47.8 Å². The van der Waals surface area contributed by atoms with Crippen LogP contribution in [0, 0.1) is 0 Å². The van der Waals surface area contributed by atoms with Crippen molar-refractivity contribution >= 4 is 22.9 Å². The van der Waals surface area contributed by atoms with E-state index < -0.39 is 0 Å². The molecule has 3 aliphatic heterocycles. The number of nitrogens with one attached hydrogen (secondary N) is 3. The molecule has 0 spiro atoms. The number of rotatable bonds is 4. The van der Waals surface area contributed by atoms with E-state index in [-0.39, 0.29) is 11.9 Å². The van der Waals surface area contributed by atoms with E-state index in [0.29, 0.717) is 6.54 Å². The van der Waals surface area contributed by atoms with E-state index in [1.807, 2.05) is 12.4 Å². The Balaban J connectivity index is 1.45. The zero-order valence-electron chi connectivity index (χ0n) is 18.2. The lowest BCUT2D eigenvalue weighted by atomic mass is 9.91. The van der Waals surface area contributed by atoms with Gasteiger partial charge < -0.3 is 20.9 Å². The molecule has 0 saturated carbocycles. The Morgan fingerprint density at radius 3 is 2.71 bits per heavy atom. The summed E-state index contributed by atoms with van der Waals surface area (Å²) in [6, 6.07) is 8.84. The predicted octanol–water partition coefficient (Wildman–Crippen LogP) is 3.42. The average molecular weight is 418 g/mol. The Morgan fingerprint density at radius 1 is 1.10 bits per heavy atom. The zero-order valence-corrected chi connectivity index (χ0v) is 18.2. The molecule has 0 atom stereocenters. The second-order valence-electron chi connectivity index (χ2n) is 8.89. The molecular weight excluding hydrogens is 386 g/mol. The van der Waals surface area contributed by atoms with Crippen molar-refractivity contribution in [2.75, 3.05) is 42.9 Å². The lowest BCUT2D eigenvalue weighted by Gasteiger charge is -2.27. The third kappa shape index (κ3) is 4.17. The number of carbonyl (C=O) groups is 1.